The molecule has 10 heteroatoms. The minimum Gasteiger partial charge on any atom is -0.315 e. The first-order valence-corrected chi connectivity index (χ1v) is 8.38. The Labute approximate surface area is 132 Å². The highest BCUT2D eigenvalue weighted by atomic mass is 35.5. The summed E-state index contributed by atoms with van der Waals surface area (Å²) >= 11 is 11.5. The molecule has 0 aromatic heterocycles. The van der Waals surface area contributed by atoms with E-state index < -0.39 is 25.7 Å². The maximum Gasteiger partial charge on any atom is 0.307 e. The van der Waals surface area contributed by atoms with Gasteiger partial charge in [-0.25, -0.2) is 13.1 Å². The third-order valence-corrected chi connectivity index (χ3v) is 4.83. The average Bonchev–Trinajstić information content (AvgIpc) is 2.37. The Morgan fingerprint density at radius 2 is 1.90 bits per heavy atom. The van der Waals surface area contributed by atoms with Crippen LogP contribution in [-0.4, -0.2) is 33.0 Å². The molecule has 0 aliphatic carbocycles. The Kier molecular flexibility index (Phi) is 6.82. The first-order chi connectivity index (χ1) is 9.81. The predicted octanol–water partition coefficient (Wildman–Crippen LogP) is 2.18. The van der Waals surface area contributed by atoms with Crippen LogP contribution in [-0.2, 0) is 10.0 Å². The van der Waals surface area contributed by atoms with Gasteiger partial charge >= 0.3 is 5.69 Å². The van der Waals surface area contributed by atoms with Crippen LogP contribution in [0.1, 0.15) is 13.3 Å². The zero-order valence-electron chi connectivity index (χ0n) is 11.2. The van der Waals surface area contributed by atoms with Crippen molar-refractivity contribution in [2.45, 2.75) is 18.2 Å². The van der Waals surface area contributed by atoms with E-state index in [0.717, 1.165) is 25.1 Å². The number of nitro groups is 1. The fourth-order valence-electron chi connectivity index (χ4n) is 1.55. The molecule has 0 heterocycles. The molecule has 1 rings (SSSR count). The molecule has 7 nitrogen and oxygen atoms in total. The standard InChI is InChI=1S/C11H15Cl2N3O4S/c1-2-5-14-6-7-15-21(19,20)9-4-3-8(12)11(10(9)13)16(17)18/h3-4,14-15H,2,5-7H2,1H3. The summed E-state index contributed by atoms with van der Waals surface area (Å²) in [4.78, 5) is 9.69. The van der Waals surface area contributed by atoms with Gasteiger partial charge in [-0.15, -0.1) is 0 Å². The molecular formula is C11H15Cl2N3O4S. The fraction of sp³-hybridized carbons (Fsp3) is 0.455. The van der Waals surface area contributed by atoms with E-state index in [1.165, 1.54) is 0 Å². The van der Waals surface area contributed by atoms with E-state index in [-0.39, 0.29) is 16.5 Å². The van der Waals surface area contributed by atoms with Gasteiger partial charge in [0.25, 0.3) is 0 Å². The lowest BCUT2D eigenvalue weighted by atomic mass is 10.3. The topological polar surface area (TPSA) is 101 Å². The molecule has 0 radical (unpaired) electrons. The number of nitrogens with zero attached hydrogens (tertiary/aromatic N) is 1. The molecular weight excluding hydrogens is 341 g/mol. The number of sulfonamides is 1. The highest BCUT2D eigenvalue weighted by Gasteiger charge is 2.27. The van der Waals surface area contributed by atoms with Crippen molar-refractivity contribution in [1.29, 1.82) is 0 Å². The zero-order chi connectivity index (χ0) is 16.0. The van der Waals surface area contributed by atoms with Gasteiger partial charge in [-0.2, -0.15) is 0 Å². The van der Waals surface area contributed by atoms with Gasteiger partial charge in [-0.1, -0.05) is 30.1 Å². The summed E-state index contributed by atoms with van der Waals surface area (Å²) in [7, 11) is -3.94. The van der Waals surface area contributed by atoms with E-state index >= 15 is 0 Å². The molecule has 1 aromatic carbocycles. The lowest BCUT2D eigenvalue weighted by Crippen LogP contribution is -2.32. The number of benzene rings is 1. The van der Waals surface area contributed by atoms with Crippen molar-refractivity contribution in [2.24, 2.45) is 0 Å². The Morgan fingerprint density at radius 3 is 2.48 bits per heavy atom. The molecule has 0 saturated carbocycles. The second kappa shape index (κ2) is 7.90. The third-order valence-electron chi connectivity index (χ3n) is 2.52. The van der Waals surface area contributed by atoms with Crippen molar-refractivity contribution >= 4 is 38.9 Å². The summed E-state index contributed by atoms with van der Waals surface area (Å²) in [6.07, 6.45) is 0.932. The van der Waals surface area contributed by atoms with Crippen LogP contribution in [0.15, 0.2) is 17.0 Å². The molecule has 0 atom stereocenters. The van der Waals surface area contributed by atoms with E-state index in [2.05, 4.69) is 10.0 Å². The zero-order valence-corrected chi connectivity index (χ0v) is 13.6. The van der Waals surface area contributed by atoms with Crippen molar-refractivity contribution < 1.29 is 13.3 Å². The quantitative estimate of drug-likeness (QED) is 0.422. The largest absolute Gasteiger partial charge is 0.315 e. The number of halogens is 2. The van der Waals surface area contributed by atoms with Crippen molar-refractivity contribution in [3.63, 3.8) is 0 Å². The van der Waals surface area contributed by atoms with Crippen molar-refractivity contribution in [2.75, 3.05) is 19.6 Å². The Hall–Kier alpha value is -0.930. The van der Waals surface area contributed by atoms with Crippen LogP contribution < -0.4 is 10.0 Å². The molecule has 0 unspecified atom stereocenters. The van der Waals surface area contributed by atoms with Crippen molar-refractivity contribution in [3.8, 4) is 0 Å². The molecule has 0 bridgehead atoms. The van der Waals surface area contributed by atoms with Crippen LogP contribution >= 0.6 is 23.2 Å². The maximum absolute atomic E-state index is 12.1. The molecule has 0 aliphatic rings. The molecule has 2 N–H and O–H groups in total. The minimum absolute atomic E-state index is 0.148. The van der Waals surface area contributed by atoms with Gasteiger partial charge in [-0.3, -0.25) is 10.1 Å². The minimum atomic E-state index is -3.94. The number of rotatable bonds is 8. The second-order valence-corrected chi connectivity index (χ2v) is 6.63. The molecule has 21 heavy (non-hydrogen) atoms. The van der Waals surface area contributed by atoms with Gasteiger partial charge in [0, 0.05) is 13.1 Å². The average molecular weight is 356 g/mol. The van der Waals surface area contributed by atoms with Crippen LogP contribution in [0.3, 0.4) is 0 Å². The third kappa shape index (κ3) is 4.79. The highest BCUT2D eigenvalue weighted by molar-refractivity contribution is 7.89. The smallest absolute Gasteiger partial charge is 0.307 e. The van der Waals surface area contributed by atoms with Crippen LogP contribution in [0.2, 0.25) is 10.0 Å². The van der Waals surface area contributed by atoms with E-state index in [1.807, 2.05) is 6.92 Å². The van der Waals surface area contributed by atoms with E-state index in [9.17, 15) is 18.5 Å². The summed E-state index contributed by atoms with van der Waals surface area (Å²) in [6.45, 7) is 3.36. The van der Waals surface area contributed by atoms with Gasteiger partial charge in [-0.05, 0) is 25.1 Å². The van der Waals surface area contributed by atoms with Gasteiger partial charge < -0.3 is 5.32 Å². The van der Waals surface area contributed by atoms with Gasteiger partial charge in [0.1, 0.15) is 14.9 Å². The predicted molar refractivity (Wildman–Crippen MR) is 81.5 cm³/mol. The lowest BCUT2D eigenvalue weighted by molar-refractivity contribution is -0.384. The molecule has 118 valence electrons. The maximum atomic E-state index is 12.1. The van der Waals surface area contributed by atoms with Crippen LogP contribution in [0.25, 0.3) is 0 Å². The van der Waals surface area contributed by atoms with Crippen LogP contribution in [0.5, 0.6) is 0 Å². The molecule has 0 fully saturated rings. The molecule has 0 spiro atoms. The first-order valence-electron chi connectivity index (χ1n) is 6.14. The molecule has 0 aliphatic heterocycles. The summed E-state index contributed by atoms with van der Waals surface area (Å²) in [6, 6.07) is 2.27. The Morgan fingerprint density at radius 1 is 1.24 bits per heavy atom. The Bertz CT molecular complexity index is 622. The summed E-state index contributed by atoms with van der Waals surface area (Å²) in [5, 5.41) is 13.2. The van der Waals surface area contributed by atoms with E-state index in [4.69, 9.17) is 23.2 Å². The number of hydrogen-bond donors (Lipinski definition) is 2. The summed E-state index contributed by atoms with van der Waals surface area (Å²) in [5.41, 5.74) is -0.620. The summed E-state index contributed by atoms with van der Waals surface area (Å²) in [5.74, 6) is 0. The molecule has 0 saturated heterocycles. The number of hydrogen-bond acceptors (Lipinski definition) is 5. The van der Waals surface area contributed by atoms with Gasteiger partial charge in [0.05, 0.1) is 4.92 Å². The van der Waals surface area contributed by atoms with Gasteiger partial charge in [0.2, 0.25) is 10.0 Å². The number of nitrogens with one attached hydrogen (secondary N) is 2. The fourth-order valence-corrected chi connectivity index (χ4v) is 3.47. The monoisotopic (exact) mass is 355 g/mol. The Balaban J connectivity index is 2.94. The van der Waals surface area contributed by atoms with Crippen LogP contribution in [0.4, 0.5) is 5.69 Å². The SMILES string of the molecule is CCCNCCNS(=O)(=O)c1ccc(Cl)c([N+](=O)[O-])c1Cl. The second-order valence-electron chi connectivity index (χ2n) is 4.11. The lowest BCUT2D eigenvalue weighted by Gasteiger charge is -2.09. The highest BCUT2D eigenvalue weighted by Crippen LogP contribution is 2.36. The van der Waals surface area contributed by atoms with Gasteiger partial charge in [0.15, 0.2) is 0 Å². The van der Waals surface area contributed by atoms with E-state index in [0.29, 0.717) is 6.54 Å². The normalized spacial score (nSPS) is 11.6. The number of nitro benzene ring substituents is 1. The molecule has 1 aromatic rings. The van der Waals surface area contributed by atoms with Crippen LogP contribution in [0, 0.1) is 10.1 Å². The van der Waals surface area contributed by atoms with E-state index in [1.54, 1.807) is 0 Å². The van der Waals surface area contributed by atoms with Crippen molar-refractivity contribution in [1.82, 2.24) is 10.0 Å². The first kappa shape index (κ1) is 18.1. The van der Waals surface area contributed by atoms with Crippen molar-refractivity contribution in [3.05, 3.63) is 32.3 Å². The molecule has 0 amide bonds. The summed E-state index contributed by atoms with van der Waals surface area (Å²) < 4.78 is 26.5.